The Labute approximate surface area is 245 Å². The van der Waals surface area contributed by atoms with E-state index in [1.165, 1.54) is 24.3 Å². The minimum absolute atomic E-state index is 0.0366. The molecule has 0 spiro atoms. The lowest BCUT2D eigenvalue weighted by Crippen LogP contribution is -2.43. The fourth-order valence-electron chi connectivity index (χ4n) is 5.04. The van der Waals surface area contributed by atoms with Crippen molar-refractivity contribution in [1.82, 2.24) is 4.90 Å². The lowest BCUT2D eigenvalue weighted by Gasteiger charge is -2.30. The van der Waals surface area contributed by atoms with Crippen molar-refractivity contribution in [1.29, 1.82) is 5.26 Å². The Morgan fingerprint density at radius 3 is 2.33 bits per heavy atom. The number of nitriles is 1. The highest BCUT2D eigenvalue weighted by molar-refractivity contribution is 6.30. The lowest BCUT2D eigenvalue weighted by atomic mass is 9.84. The molecule has 1 atom stereocenters. The molecule has 0 bridgehead atoms. The molecule has 1 aliphatic carbocycles. The van der Waals surface area contributed by atoms with Crippen molar-refractivity contribution in [2.75, 3.05) is 6.54 Å². The quantitative estimate of drug-likeness (QED) is 0.211. The molecule has 0 N–H and O–H groups in total. The predicted molar refractivity (Wildman–Crippen MR) is 144 cm³/mol. The number of hydrogen-bond donors (Lipinski definition) is 0. The highest BCUT2D eigenvalue weighted by atomic mass is 35.5. The van der Waals surface area contributed by atoms with Gasteiger partial charge in [-0.05, 0) is 54.0 Å². The Hall–Kier alpha value is -4.37. The Kier molecular flexibility index (Phi) is 7.29. The molecule has 3 aromatic carbocycles. The van der Waals surface area contributed by atoms with E-state index >= 15 is 0 Å². The van der Waals surface area contributed by atoms with E-state index in [1.54, 1.807) is 12.1 Å². The highest BCUT2D eigenvalue weighted by Gasteiger charge is 2.63. The standard InChI is InChI=1S/C30H20ClF6N3O3/c1-2-25(41)40(16-27(15-38)9-10-27)26(42)23-8-7-22(20-5-3-4-6-21(20)23)24-14-28(43-39-24,30(35,36)37)17-11-18(29(32,33)34)13-19(31)12-17/h2-8,11-13H,1,9-10,14,16H2. The molecule has 1 heterocycles. The summed E-state index contributed by atoms with van der Waals surface area (Å²) in [4.78, 5) is 32.1. The van der Waals surface area contributed by atoms with E-state index in [1.807, 2.05) is 0 Å². The zero-order chi connectivity index (χ0) is 31.4. The van der Waals surface area contributed by atoms with Crippen LogP contribution in [0.4, 0.5) is 26.3 Å². The molecule has 43 heavy (non-hydrogen) atoms. The number of oxime groups is 1. The first-order valence-corrected chi connectivity index (χ1v) is 13.1. The Balaban J connectivity index is 1.56. The molecule has 3 aromatic rings. The summed E-state index contributed by atoms with van der Waals surface area (Å²) in [6, 6.07) is 12.6. The van der Waals surface area contributed by atoms with E-state index in [-0.39, 0.29) is 34.2 Å². The third-order valence-corrected chi connectivity index (χ3v) is 7.80. The van der Waals surface area contributed by atoms with E-state index < -0.39 is 57.8 Å². The van der Waals surface area contributed by atoms with Crippen molar-refractivity contribution in [3.63, 3.8) is 0 Å². The van der Waals surface area contributed by atoms with Gasteiger partial charge in [-0.25, -0.2) is 0 Å². The zero-order valence-electron chi connectivity index (χ0n) is 22.0. The summed E-state index contributed by atoms with van der Waals surface area (Å²) < 4.78 is 84.0. The van der Waals surface area contributed by atoms with Crippen LogP contribution in [0.5, 0.6) is 0 Å². The Morgan fingerprint density at radius 2 is 1.74 bits per heavy atom. The third-order valence-electron chi connectivity index (χ3n) is 7.58. The van der Waals surface area contributed by atoms with Crippen molar-refractivity contribution < 1.29 is 40.8 Å². The number of carbonyl (C=O) groups excluding carboxylic acids is 2. The van der Waals surface area contributed by atoms with Crippen LogP contribution in [-0.4, -0.2) is 35.1 Å². The largest absolute Gasteiger partial charge is 0.435 e. The van der Waals surface area contributed by atoms with Crippen LogP contribution in [-0.2, 0) is 21.4 Å². The average molecular weight is 620 g/mol. The average Bonchev–Trinajstić information content (AvgIpc) is 3.59. The summed E-state index contributed by atoms with van der Waals surface area (Å²) in [5, 5.41) is 13.1. The molecule has 1 unspecified atom stereocenters. The molecule has 0 radical (unpaired) electrons. The maximum absolute atomic E-state index is 14.6. The van der Waals surface area contributed by atoms with Gasteiger partial charge in [-0.1, -0.05) is 53.7 Å². The number of benzene rings is 3. The fourth-order valence-corrected chi connectivity index (χ4v) is 5.27. The van der Waals surface area contributed by atoms with Crippen molar-refractivity contribution in [2.24, 2.45) is 10.6 Å². The summed E-state index contributed by atoms with van der Waals surface area (Å²) in [5.74, 6) is -1.45. The molecule has 13 heteroatoms. The second kappa shape index (κ2) is 10.4. The van der Waals surface area contributed by atoms with Crippen LogP contribution in [0.1, 0.15) is 46.3 Å². The summed E-state index contributed by atoms with van der Waals surface area (Å²) >= 11 is 5.79. The first kappa shape index (κ1) is 30.1. The van der Waals surface area contributed by atoms with Gasteiger partial charge in [-0.15, -0.1) is 0 Å². The Bertz CT molecular complexity index is 1740. The number of rotatable bonds is 6. The van der Waals surface area contributed by atoms with Gasteiger partial charge in [0, 0.05) is 34.7 Å². The first-order valence-electron chi connectivity index (χ1n) is 12.8. The van der Waals surface area contributed by atoms with Gasteiger partial charge >= 0.3 is 12.4 Å². The minimum atomic E-state index is -5.21. The molecule has 222 valence electrons. The van der Waals surface area contributed by atoms with Crippen molar-refractivity contribution >= 4 is 39.9 Å². The number of carbonyl (C=O) groups is 2. The molecule has 2 aliphatic rings. The minimum Gasteiger partial charge on any atom is -0.374 e. The topological polar surface area (TPSA) is 82.8 Å². The van der Waals surface area contributed by atoms with Crippen LogP contribution in [0.2, 0.25) is 5.02 Å². The third kappa shape index (κ3) is 5.33. The summed E-state index contributed by atoms with van der Waals surface area (Å²) in [5.41, 5.74) is -6.45. The van der Waals surface area contributed by atoms with E-state index in [4.69, 9.17) is 16.4 Å². The smallest absolute Gasteiger partial charge is 0.374 e. The van der Waals surface area contributed by atoms with Crippen LogP contribution < -0.4 is 0 Å². The monoisotopic (exact) mass is 619 g/mol. The second-order valence-corrected chi connectivity index (χ2v) is 10.8. The van der Waals surface area contributed by atoms with Crippen LogP contribution in [0.15, 0.2) is 72.4 Å². The van der Waals surface area contributed by atoms with Gasteiger partial charge in [0.2, 0.25) is 0 Å². The van der Waals surface area contributed by atoms with Gasteiger partial charge in [0.25, 0.3) is 17.4 Å². The molecule has 0 aromatic heterocycles. The van der Waals surface area contributed by atoms with E-state index in [2.05, 4.69) is 17.8 Å². The SMILES string of the molecule is C=CC(=O)N(CC1(C#N)CC1)C(=O)c1ccc(C2=NOC(c3cc(Cl)cc(C(F)(F)F)c3)(C(F)(F)F)C2)c2ccccc12. The molecule has 0 saturated heterocycles. The Morgan fingerprint density at radius 1 is 1.07 bits per heavy atom. The molecular weight excluding hydrogens is 600 g/mol. The highest BCUT2D eigenvalue weighted by Crippen LogP contribution is 2.51. The number of fused-ring (bicyclic) bond motifs is 1. The molecule has 6 nitrogen and oxygen atoms in total. The summed E-state index contributed by atoms with van der Waals surface area (Å²) in [7, 11) is 0. The van der Waals surface area contributed by atoms with Crippen molar-refractivity contribution in [3.05, 3.63) is 94.5 Å². The van der Waals surface area contributed by atoms with Crippen molar-refractivity contribution in [2.45, 2.75) is 37.2 Å². The lowest BCUT2D eigenvalue weighted by molar-refractivity contribution is -0.276. The number of amides is 2. The molecular formula is C30H20ClF6N3O3. The van der Waals surface area contributed by atoms with E-state index in [0.717, 1.165) is 17.0 Å². The zero-order valence-corrected chi connectivity index (χ0v) is 22.8. The van der Waals surface area contributed by atoms with Gasteiger partial charge in [0.1, 0.15) is 0 Å². The number of halogens is 7. The maximum atomic E-state index is 14.6. The molecule has 2 amide bonds. The summed E-state index contributed by atoms with van der Waals surface area (Å²) in [6.07, 6.45) is -9.20. The molecule has 1 saturated carbocycles. The van der Waals surface area contributed by atoms with Gasteiger partial charge in [-0.2, -0.15) is 31.6 Å². The molecule has 5 rings (SSSR count). The number of hydrogen-bond acceptors (Lipinski definition) is 5. The van der Waals surface area contributed by atoms with E-state index in [9.17, 15) is 41.2 Å². The van der Waals surface area contributed by atoms with Gasteiger partial charge in [-0.3, -0.25) is 14.5 Å². The first-order chi connectivity index (χ1) is 20.1. The molecule has 1 fully saturated rings. The summed E-state index contributed by atoms with van der Waals surface area (Å²) in [6.45, 7) is 3.27. The number of imide groups is 1. The van der Waals surface area contributed by atoms with Gasteiger partial charge in [0.15, 0.2) is 0 Å². The van der Waals surface area contributed by atoms with Crippen LogP contribution in [0, 0.1) is 16.7 Å². The van der Waals surface area contributed by atoms with E-state index in [0.29, 0.717) is 25.0 Å². The fraction of sp³-hybridized carbons (Fsp3) is 0.267. The van der Waals surface area contributed by atoms with Crippen LogP contribution in [0.3, 0.4) is 0 Å². The normalized spacial score (nSPS) is 19.3. The molecule has 1 aliphatic heterocycles. The van der Waals surface area contributed by atoms with Gasteiger partial charge < -0.3 is 4.84 Å². The number of alkyl halides is 6. The maximum Gasteiger partial charge on any atom is 0.435 e. The number of nitrogens with zero attached hydrogens (tertiary/aromatic N) is 3. The second-order valence-electron chi connectivity index (χ2n) is 10.4. The predicted octanol–water partition coefficient (Wildman–Crippen LogP) is 7.55. The van der Waals surface area contributed by atoms with Gasteiger partial charge in [0.05, 0.1) is 22.8 Å². The van der Waals surface area contributed by atoms with Crippen molar-refractivity contribution in [3.8, 4) is 6.07 Å². The van der Waals surface area contributed by atoms with Crippen LogP contribution in [0.25, 0.3) is 10.8 Å². The van der Waals surface area contributed by atoms with Crippen LogP contribution >= 0.6 is 11.6 Å².